The van der Waals surface area contributed by atoms with Crippen molar-refractivity contribution >= 4 is 17.4 Å². The molecule has 1 aromatic heterocycles. The lowest BCUT2D eigenvalue weighted by Crippen LogP contribution is -2.62. The molecule has 120 valence electrons. The standard InChI is InChI=1S/C14H21N5O3/c1-14(2)10(6-11(14)18(3)4)17-13-9(12(15)20)5-8(7-16-13)19(21)22/h5,7,10-11H,6H2,1-4H3,(H2,15,20)(H,16,17). The van der Waals surface area contributed by atoms with Crippen LogP contribution in [0.4, 0.5) is 11.5 Å². The second kappa shape index (κ2) is 5.53. The third kappa shape index (κ3) is 2.74. The van der Waals surface area contributed by atoms with E-state index < -0.39 is 10.8 Å². The number of carbonyl (C=O) groups is 1. The summed E-state index contributed by atoms with van der Waals surface area (Å²) >= 11 is 0. The fourth-order valence-corrected chi connectivity index (χ4v) is 3.05. The SMILES string of the molecule is CN(C)C1CC(Nc2ncc([N+](=O)[O-])cc2C(N)=O)C1(C)C. The van der Waals surface area contributed by atoms with Crippen LogP contribution in [0, 0.1) is 15.5 Å². The molecule has 1 amide bonds. The summed E-state index contributed by atoms with van der Waals surface area (Å²) < 4.78 is 0. The molecule has 0 bridgehead atoms. The van der Waals surface area contributed by atoms with E-state index in [4.69, 9.17) is 5.73 Å². The molecule has 2 unspecified atom stereocenters. The summed E-state index contributed by atoms with van der Waals surface area (Å²) in [6, 6.07) is 1.69. The van der Waals surface area contributed by atoms with Gasteiger partial charge in [0.25, 0.3) is 11.6 Å². The average Bonchev–Trinajstić information content (AvgIpc) is 2.42. The molecule has 1 aromatic rings. The van der Waals surface area contributed by atoms with Crippen molar-refractivity contribution in [3.63, 3.8) is 0 Å². The quantitative estimate of drug-likeness (QED) is 0.624. The second-order valence-electron chi connectivity index (χ2n) is 6.44. The van der Waals surface area contributed by atoms with Crippen molar-refractivity contribution in [3.8, 4) is 0 Å². The molecule has 3 N–H and O–H groups in total. The van der Waals surface area contributed by atoms with Gasteiger partial charge >= 0.3 is 0 Å². The molecule has 8 nitrogen and oxygen atoms in total. The van der Waals surface area contributed by atoms with E-state index in [9.17, 15) is 14.9 Å². The van der Waals surface area contributed by atoms with Crippen LogP contribution in [0.3, 0.4) is 0 Å². The van der Waals surface area contributed by atoms with E-state index in [1.165, 1.54) is 0 Å². The number of pyridine rings is 1. The molecule has 2 atom stereocenters. The Hall–Kier alpha value is -2.22. The highest BCUT2D eigenvalue weighted by molar-refractivity contribution is 5.98. The molecule has 0 aliphatic heterocycles. The molecule has 0 spiro atoms. The Bertz CT molecular complexity index is 614. The lowest BCUT2D eigenvalue weighted by Gasteiger charge is -2.55. The van der Waals surface area contributed by atoms with Crippen LogP contribution in [-0.2, 0) is 0 Å². The van der Waals surface area contributed by atoms with E-state index in [0.29, 0.717) is 11.9 Å². The number of aromatic nitrogens is 1. The van der Waals surface area contributed by atoms with E-state index in [2.05, 4.69) is 29.0 Å². The number of hydrogen-bond acceptors (Lipinski definition) is 6. The summed E-state index contributed by atoms with van der Waals surface area (Å²) in [5, 5.41) is 14.0. The highest BCUT2D eigenvalue weighted by Crippen LogP contribution is 2.44. The van der Waals surface area contributed by atoms with Crippen molar-refractivity contribution in [2.24, 2.45) is 11.1 Å². The third-order valence-electron chi connectivity index (χ3n) is 4.50. The minimum absolute atomic E-state index is 0.0120. The maximum absolute atomic E-state index is 11.5. The fraction of sp³-hybridized carbons (Fsp3) is 0.571. The molecule has 1 heterocycles. The number of rotatable bonds is 5. The molecule has 8 heteroatoms. The van der Waals surface area contributed by atoms with Crippen LogP contribution in [0.5, 0.6) is 0 Å². The number of nitro groups is 1. The molecular formula is C14H21N5O3. The van der Waals surface area contributed by atoms with Crippen LogP contribution in [0.1, 0.15) is 30.6 Å². The second-order valence-corrected chi connectivity index (χ2v) is 6.44. The van der Waals surface area contributed by atoms with Crippen molar-refractivity contribution in [3.05, 3.63) is 27.9 Å². The Kier molecular flexibility index (Phi) is 4.06. The largest absolute Gasteiger partial charge is 0.366 e. The van der Waals surface area contributed by atoms with Gasteiger partial charge in [0.05, 0.1) is 10.5 Å². The minimum atomic E-state index is -0.736. The zero-order valence-corrected chi connectivity index (χ0v) is 13.2. The lowest BCUT2D eigenvalue weighted by molar-refractivity contribution is -0.385. The van der Waals surface area contributed by atoms with Crippen molar-refractivity contribution in [1.82, 2.24) is 9.88 Å². The van der Waals surface area contributed by atoms with Gasteiger partial charge < -0.3 is 16.0 Å². The van der Waals surface area contributed by atoms with Crippen LogP contribution in [-0.4, -0.2) is 46.9 Å². The molecule has 0 saturated heterocycles. The number of anilines is 1. The molecule has 1 fully saturated rings. The molecule has 2 rings (SSSR count). The van der Waals surface area contributed by atoms with Crippen molar-refractivity contribution in [2.45, 2.75) is 32.4 Å². The summed E-state index contributed by atoms with van der Waals surface area (Å²) in [7, 11) is 4.06. The summed E-state index contributed by atoms with van der Waals surface area (Å²) in [6.45, 7) is 4.27. The van der Waals surface area contributed by atoms with Crippen LogP contribution in [0.15, 0.2) is 12.3 Å². The Morgan fingerprint density at radius 1 is 1.55 bits per heavy atom. The molecule has 22 heavy (non-hydrogen) atoms. The number of primary amides is 1. The Balaban J connectivity index is 2.24. The van der Waals surface area contributed by atoms with Gasteiger partial charge in [-0.2, -0.15) is 0 Å². The normalized spacial score (nSPS) is 23.0. The van der Waals surface area contributed by atoms with Crippen LogP contribution in [0.25, 0.3) is 0 Å². The minimum Gasteiger partial charge on any atom is -0.366 e. The molecule has 1 saturated carbocycles. The summed E-state index contributed by atoms with van der Waals surface area (Å²) in [5.41, 5.74) is 5.09. The van der Waals surface area contributed by atoms with Gasteiger partial charge in [0.1, 0.15) is 12.0 Å². The van der Waals surface area contributed by atoms with Gasteiger partial charge in [0.15, 0.2) is 0 Å². The molecule has 0 radical (unpaired) electrons. The first-order valence-corrected chi connectivity index (χ1v) is 7.01. The molecule has 0 aromatic carbocycles. The van der Waals surface area contributed by atoms with Crippen molar-refractivity contribution < 1.29 is 9.72 Å². The topological polar surface area (TPSA) is 114 Å². The van der Waals surface area contributed by atoms with E-state index in [1.807, 2.05) is 14.1 Å². The lowest BCUT2D eigenvalue weighted by atomic mass is 9.62. The predicted octanol–water partition coefficient (Wildman–Crippen LogP) is 1.23. The van der Waals surface area contributed by atoms with E-state index in [0.717, 1.165) is 18.7 Å². The van der Waals surface area contributed by atoms with Gasteiger partial charge in [0.2, 0.25) is 0 Å². The Morgan fingerprint density at radius 2 is 2.18 bits per heavy atom. The van der Waals surface area contributed by atoms with Crippen molar-refractivity contribution in [2.75, 3.05) is 19.4 Å². The monoisotopic (exact) mass is 307 g/mol. The van der Waals surface area contributed by atoms with Gasteiger partial charge in [-0.05, 0) is 20.5 Å². The van der Waals surface area contributed by atoms with Crippen LogP contribution < -0.4 is 11.1 Å². The number of nitrogens with two attached hydrogens (primary N) is 1. The van der Waals surface area contributed by atoms with E-state index in [-0.39, 0.29) is 22.7 Å². The van der Waals surface area contributed by atoms with Gasteiger partial charge in [0, 0.05) is 23.6 Å². The molecule has 1 aliphatic rings. The Morgan fingerprint density at radius 3 is 2.64 bits per heavy atom. The Labute approximate surface area is 128 Å². The van der Waals surface area contributed by atoms with E-state index >= 15 is 0 Å². The van der Waals surface area contributed by atoms with Gasteiger partial charge in [-0.1, -0.05) is 13.8 Å². The zero-order chi connectivity index (χ0) is 16.7. The van der Waals surface area contributed by atoms with E-state index in [1.54, 1.807) is 0 Å². The van der Waals surface area contributed by atoms with Gasteiger partial charge in [-0.15, -0.1) is 0 Å². The third-order valence-corrected chi connectivity index (χ3v) is 4.50. The maximum atomic E-state index is 11.5. The number of nitrogens with zero attached hydrogens (tertiary/aromatic N) is 3. The van der Waals surface area contributed by atoms with Crippen LogP contribution >= 0.6 is 0 Å². The van der Waals surface area contributed by atoms with Crippen molar-refractivity contribution in [1.29, 1.82) is 0 Å². The zero-order valence-electron chi connectivity index (χ0n) is 13.2. The molecule has 1 aliphatic carbocycles. The van der Waals surface area contributed by atoms with Gasteiger partial charge in [-0.3, -0.25) is 14.9 Å². The first-order chi connectivity index (χ1) is 10.1. The first-order valence-electron chi connectivity index (χ1n) is 7.01. The smallest absolute Gasteiger partial charge is 0.288 e. The van der Waals surface area contributed by atoms with Gasteiger partial charge in [-0.25, -0.2) is 4.98 Å². The average molecular weight is 307 g/mol. The van der Waals surface area contributed by atoms with Crippen LogP contribution in [0.2, 0.25) is 0 Å². The number of amides is 1. The molecular weight excluding hydrogens is 286 g/mol. The maximum Gasteiger partial charge on any atom is 0.288 e. The highest BCUT2D eigenvalue weighted by atomic mass is 16.6. The summed E-state index contributed by atoms with van der Waals surface area (Å²) in [5.74, 6) is -0.437. The first kappa shape index (κ1) is 16.2. The number of hydrogen-bond donors (Lipinski definition) is 2. The fourth-order valence-electron chi connectivity index (χ4n) is 3.05. The summed E-state index contributed by atoms with van der Waals surface area (Å²) in [4.78, 5) is 27.9. The predicted molar refractivity (Wildman–Crippen MR) is 82.7 cm³/mol. The summed E-state index contributed by atoms with van der Waals surface area (Å²) in [6.07, 6.45) is 2.03. The highest BCUT2D eigenvalue weighted by Gasteiger charge is 2.49. The number of nitrogens with one attached hydrogen (secondary N) is 1. The number of carbonyl (C=O) groups excluding carboxylic acids is 1.